The Bertz CT molecular complexity index is 1060. The molecular weight excluding hydrogens is 514 g/mol. The average Bonchev–Trinajstić information content (AvgIpc) is 3.73. The summed E-state index contributed by atoms with van der Waals surface area (Å²) in [4.78, 5) is 56.1. The largest absolute Gasteiger partial charge is 0.497 e. The zero-order valence-corrected chi connectivity index (χ0v) is 24.1. The summed E-state index contributed by atoms with van der Waals surface area (Å²) in [6.45, 7) is 4.90. The molecule has 4 amide bonds. The molecule has 10 heteroatoms. The number of amides is 4. The van der Waals surface area contributed by atoms with Gasteiger partial charge in [-0.15, -0.1) is 0 Å². The van der Waals surface area contributed by atoms with E-state index in [2.05, 4.69) is 5.32 Å². The molecule has 40 heavy (non-hydrogen) atoms. The van der Waals surface area contributed by atoms with E-state index in [1.807, 2.05) is 0 Å². The summed E-state index contributed by atoms with van der Waals surface area (Å²) in [6.07, 6.45) is 7.36. The highest BCUT2D eigenvalue weighted by molar-refractivity contribution is 6.07. The Kier molecular flexibility index (Phi) is 9.71. The van der Waals surface area contributed by atoms with Crippen LogP contribution in [-0.2, 0) is 23.9 Å². The fourth-order valence-corrected chi connectivity index (χ4v) is 5.62. The maximum atomic E-state index is 13.7. The quantitative estimate of drug-likeness (QED) is 0.373. The lowest BCUT2D eigenvalue weighted by Gasteiger charge is -2.34. The Morgan fingerprint density at radius 1 is 0.875 bits per heavy atom. The van der Waals surface area contributed by atoms with Crippen molar-refractivity contribution in [1.29, 1.82) is 0 Å². The maximum Gasteiger partial charge on any atom is 0.326 e. The molecule has 1 saturated heterocycles. The summed E-state index contributed by atoms with van der Waals surface area (Å²) < 4.78 is 16.3. The lowest BCUT2D eigenvalue weighted by molar-refractivity contribution is -0.153. The summed E-state index contributed by atoms with van der Waals surface area (Å²) in [5.41, 5.74) is -0.288. The van der Waals surface area contributed by atoms with Gasteiger partial charge in [-0.1, -0.05) is 38.5 Å². The van der Waals surface area contributed by atoms with Crippen molar-refractivity contribution >= 4 is 29.5 Å². The van der Waals surface area contributed by atoms with E-state index in [-0.39, 0.29) is 18.6 Å². The van der Waals surface area contributed by atoms with Crippen molar-refractivity contribution in [3.05, 3.63) is 24.3 Å². The molecule has 0 unspecified atom stereocenters. The molecule has 0 spiro atoms. The fraction of sp³-hybridized carbons (Fsp3) is 0.667. The first kappa shape index (κ1) is 29.8. The van der Waals surface area contributed by atoms with E-state index in [9.17, 15) is 19.2 Å². The number of methoxy groups -OCH3 is 1. The van der Waals surface area contributed by atoms with Gasteiger partial charge in [0.1, 0.15) is 17.9 Å². The molecule has 2 aliphatic carbocycles. The summed E-state index contributed by atoms with van der Waals surface area (Å²) in [6, 6.07) is 6.12. The van der Waals surface area contributed by atoms with Crippen LogP contribution >= 0.6 is 0 Å². The molecule has 2 saturated carbocycles. The monoisotopic (exact) mass is 557 g/mol. The highest BCUT2D eigenvalue weighted by Crippen LogP contribution is 2.32. The standard InChI is InChI=1S/C30H43N3O7/c1-30(2,3)40-24(34)19-32(21-15-17-23(38-4)18-16-21)27(35)25-26(39-25)28(36)33(22-13-9-6-10-14-22)29(37)31-20-11-7-5-8-12-20/h15-18,20,22,25-26H,5-14,19H2,1-4H3,(H,31,37)/t25-,26+/m0/s1. The van der Waals surface area contributed by atoms with Crippen LogP contribution in [0.15, 0.2) is 24.3 Å². The SMILES string of the molecule is COc1ccc(N(CC(=O)OC(C)(C)C)C(=O)[C@H]2O[C@H]2C(=O)N(C(=O)NC2CCCCC2)C2CCCCC2)cc1. The second-order valence-electron chi connectivity index (χ2n) is 12.0. The maximum absolute atomic E-state index is 13.7. The van der Waals surface area contributed by atoms with Crippen LogP contribution < -0.4 is 15.0 Å². The van der Waals surface area contributed by atoms with Crippen molar-refractivity contribution in [2.24, 2.45) is 0 Å². The van der Waals surface area contributed by atoms with E-state index in [4.69, 9.17) is 14.2 Å². The zero-order chi connectivity index (χ0) is 28.9. The van der Waals surface area contributed by atoms with Crippen LogP contribution in [-0.4, -0.2) is 72.3 Å². The van der Waals surface area contributed by atoms with Gasteiger partial charge in [0.2, 0.25) is 0 Å². The Labute approximate surface area is 236 Å². The number of ether oxygens (including phenoxy) is 3. The molecular formula is C30H43N3O7. The van der Waals surface area contributed by atoms with Crippen LogP contribution in [0.5, 0.6) is 5.75 Å². The van der Waals surface area contributed by atoms with Crippen molar-refractivity contribution < 1.29 is 33.4 Å². The molecule has 0 bridgehead atoms. The molecule has 1 aliphatic heterocycles. The Morgan fingerprint density at radius 3 is 2.02 bits per heavy atom. The fourth-order valence-electron chi connectivity index (χ4n) is 5.62. The minimum absolute atomic E-state index is 0.0529. The van der Waals surface area contributed by atoms with E-state index in [0.29, 0.717) is 11.4 Å². The number of esters is 1. The molecule has 3 aliphatic rings. The van der Waals surface area contributed by atoms with Crippen LogP contribution in [0.3, 0.4) is 0 Å². The lowest BCUT2D eigenvalue weighted by atomic mass is 9.93. The van der Waals surface area contributed by atoms with E-state index in [0.717, 1.165) is 64.2 Å². The summed E-state index contributed by atoms with van der Waals surface area (Å²) >= 11 is 0. The van der Waals surface area contributed by atoms with E-state index in [1.54, 1.807) is 45.0 Å². The van der Waals surface area contributed by atoms with Crippen LogP contribution in [0.4, 0.5) is 10.5 Å². The molecule has 1 aromatic carbocycles. The summed E-state index contributed by atoms with van der Waals surface area (Å²) in [5.74, 6) is -1.02. The normalized spacial score (nSPS) is 21.7. The second kappa shape index (κ2) is 13.0. The zero-order valence-electron chi connectivity index (χ0n) is 24.1. The van der Waals surface area contributed by atoms with Crippen molar-refractivity contribution in [1.82, 2.24) is 10.2 Å². The summed E-state index contributed by atoms with van der Waals surface area (Å²) in [7, 11) is 1.54. The first-order chi connectivity index (χ1) is 19.1. The first-order valence-corrected chi connectivity index (χ1v) is 14.5. The highest BCUT2D eigenvalue weighted by Gasteiger charge is 2.55. The minimum Gasteiger partial charge on any atom is -0.497 e. The summed E-state index contributed by atoms with van der Waals surface area (Å²) in [5, 5.41) is 3.07. The number of nitrogens with zero attached hydrogens (tertiary/aromatic N) is 2. The first-order valence-electron chi connectivity index (χ1n) is 14.5. The number of anilines is 1. The van der Waals surface area contributed by atoms with Gasteiger partial charge in [-0.2, -0.15) is 0 Å². The Balaban J connectivity index is 1.50. The van der Waals surface area contributed by atoms with Crippen molar-refractivity contribution in [2.75, 3.05) is 18.6 Å². The molecule has 2 atom stereocenters. The highest BCUT2D eigenvalue weighted by atomic mass is 16.6. The topological polar surface area (TPSA) is 118 Å². The number of rotatable bonds is 8. The van der Waals surface area contributed by atoms with Crippen molar-refractivity contribution in [3.63, 3.8) is 0 Å². The van der Waals surface area contributed by atoms with Crippen molar-refractivity contribution in [2.45, 2.75) is 115 Å². The number of carbonyl (C=O) groups is 4. The van der Waals surface area contributed by atoms with Gasteiger partial charge in [0.15, 0.2) is 12.2 Å². The molecule has 0 radical (unpaired) electrons. The molecule has 1 N–H and O–H groups in total. The third-order valence-electron chi connectivity index (χ3n) is 7.66. The minimum atomic E-state index is -1.09. The number of hydrogen-bond acceptors (Lipinski definition) is 7. The molecule has 3 fully saturated rings. The third kappa shape index (κ3) is 7.74. The van der Waals surface area contributed by atoms with Gasteiger partial charge >= 0.3 is 12.0 Å². The second-order valence-corrected chi connectivity index (χ2v) is 12.0. The van der Waals surface area contributed by atoms with Crippen LogP contribution in [0.1, 0.15) is 85.0 Å². The number of imide groups is 1. The van der Waals surface area contributed by atoms with Gasteiger partial charge in [0, 0.05) is 17.8 Å². The number of carbonyl (C=O) groups excluding carboxylic acids is 4. The Hall–Kier alpha value is -3.14. The Morgan fingerprint density at radius 2 is 1.45 bits per heavy atom. The number of hydrogen-bond donors (Lipinski definition) is 1. The predicted molar refractivity (Wildman–Crippen MR) is 149 cm³/mol. The number of epoxide rings is 1. The third-order valence-corrected chi connectivity index (χ3v) is 7.66. The van der Waals surface area contributed by atoms with Gasteiger partial charge in [0.05, 0.1) is 7.11 Å². The number of benzene rings is 1. The van der Waals surface area contributed by atoms with Gasteiger partial charge in [0.25, 0.3) is 11.8 Å². The van der Waals surface area contributed by atoms with Crippen molar-refractivity contribution in [3.8, 4) is 5.75 Å². The average molecular weight is 558 g/mol. The molecule has 4 rings (SSSR count). The van der Waals surface area contributed by atoms with Crippen LogP contribution in [0, 0.1) is 0 Å². The number of nitrogens with one attached hydrogen (secondary N) is 1. The van der Waals surface area contributed by atoms with E-state index >= 15 is 0 Å². The van der Waals surface area contributed by atoms with Gasteiger partial charge in [-0.25, -0.2) is 4.79 Å². The molecule has 1 heterocycles. The van der Waals surface area contributed by atoms with Gasteiger partial charge in [-0.3, -0.25) is 24.2 Å². The van der Waals surface area contributed by atoms with E-state index in [1.165, 1.54) is 16.9 Å². The lowest BCUT2D eigenvalue weighted by Crippen LogP contribution is -2.54. The van der Waals surface area contributed by atoms with Gasteiger partial charge in [-0.05, 0) is 70.7 Å². The van der Waals surface area contributed by atoms with Crippen LogP contribution in [0.2, 0.25) is 0 Å². The van der Waals surface area contributed by atoms with Gasteiger partial charge < -0.3 is 19.5 Å². The smallest absolute Gasteiger partial charge is 0.326 e. The number of urea groups is 1. The predicted octanol–water partition coefficient (Wildman–Crippen LogP) is 4.34. The molecule has 220 valence electrons. The van der Waals surface area contributed by atoms with E-state index < -0.39 is 41.6 Å². The molecule has 10 nitrogen and oxygen atoms in total. The van der Waals surface area contributed by atoms with Crippen LogP contribution in [0.25, 0.3) is 0 Å². The molecule has 1 aromatic rings. The molecule has 0 aromatic heterocycles.